The molecule has 3 aromatic rings. The number of amides is 2. The van der Waals surface area contributed by atoms with Gasteiger partial charge >= 0.3 is 6.03 Å². The number of benzene rings is 2. The van der Waals surface area contributed by atoms with Gasteiger partial charge in [0.2, 0.25) is 0 Å². The summed E-state index contributed by atoms with van der Waals surface area (Å²) < 4.78 is 2.07. The lowest BCUT2D eigenvalue weighted by molar-refractivity contribution is 0.142. The standard InChI is InChI=1S/C27H30Cl2N6O/c28-24-8-7-21(17-25(24)29)22(18-34-19-31-32-26(34)20-5-2-1-3-6-20)11-16-33-14-4-15-35(27(33)36)23-9-12-30-13-10-23/h1-8,15,17,19,22-23,30H,9-14,16,18H2. The van der Waals surface area contributed by atoms with E-state index in [9.17, 15) is 4.79 Å². The number of hydrogen-bond acceptors (Lipinski definition) is 4. The highest BCUT2D eigenvalue weighted by atomic mass is 35.5. The topological polar surface area (TPSA) is 66.3 Å². The van der Waals surface area contributed by atoms with Crippen LogP contribution < -0.4 is 5.32 Å². The summed E-state index contributed by atoms with van der Waals surface area (Å²) in [7, 11) is 0. The molecule has 1 unspecified atom stereocenters. The molecule has 0 aliphatic carbocycles. The number of piperidine rings is 1. The minimum Gasteiger partial charge on any atom is -0.321 e. The molecule has 0 radical (unpaired) electrons. The average Bonchev–Trinajstić information content (AvgIpc) is 3.38. The molecule has 1 fully saturated rings. The molecule has 9 heteroatoms. The quantitative estimate of drug-likeness (QED) is 0.426. The third-order valence-electron chi connectivity index (χ3n) is 7.01. The molecule has 188 valence electrons. The summed E-state index contributed by atoms with van der Waals surface area (Å²) >= 11 is 12.6. The van der Waals surface area contributed by atoms with Gasteiger partial charge in [-0.05, 0) is 56.1 Å². The third-order valence-corrected chi connectivity index (χ3v) is 7.75. The maximum absolute atomic E-state index is 13.3. The molecule has 7 nitrogen and oxygen atoms in total. The van der Waals surface area contributed by atoms with Gasteiger partial charge in [-0.2, -0.15) is 0 Å². The second-order valence-electron chi connectivity index (χ2n) is 9.33. The minimum atomic E-state index is 0.0873. The summed E-state index contributed by atoms with van der Waals surface area (Å²) in [6.07, 6.45) is 8.54. The SMILES string of the molecule is O=C1N(CCC(Cn2cnnc2-c2ccccc2)c2ccc(Cl)c(Cl)c2)CC=CN1C1CCNCC1. The van der Waals surface area contributed by atoms with Crippen LogP contribution in [0, 0.1) is 0 Å². The van der Waals surface area contributed by atoms with Crippen molar-refractivity contribution >= 4 is 29.2 Å². The van der Waals surface area contributed by atoms with Crippen molar-refractivity contribution in [3.8, 4) is 11.4 Å². The third kappa shape index (κ3) is 5.59. The van der Waals surface area contributed by atoms with Gasteiger partial charge in [0, 0.05) is 43.4 Å². The Kier molecular flexibility index (Phi) is 7.90. The fourth-order valence-corrected chi connectivity index (χ4v) is 5.33. The Balaban J connectivity index is 1.35. The number of rotatable bonds is 8. The number of nitrogens with zero attached hydrogens (tertiary/aromatic N) is 5. The average molecular weight is 525 g/mol. The zero-order chi connectivity index (χ0) is 24.9. The van der Waals surface area contributed by atoms with E-state index in [4.69, 9.17) is 23.2 Å². The molecule has 2 aromatic carbocycles. The van der Waals surface area contributed by atoms with Gasteiger partial charge in [-0.15, -0.1) is 10.2 Å². The monoisotopic (exact) mass is 524 g/mol. The molecule has 3 heterocycles. The van der Waals surface area contributed by atoms with Crippen molar-refractivity contribution in [3.05, 3.63) is 82.7 Å². The van der Waals surface area contributed by atoms with Crippen LogP contribution in [-0.4, -0.2) is 62.8 Å². The molecule has 0 spiro atoms. The van der Waals surface area contributed by atoms with Crippen molar-refractivity contribution in [2.75, 3.05) is 26.2 Å². The summed E-state index contributed by atoms with van der Waals surface area (Å²) in [5, 5.41) is 13.0. The number of nitrogens with one attached hydrogen (secondary N) is 1. The summed E-state index contributed by atoms with van der Waals surface area (Å²) in [5.74, 6) is 0.902. The highest BCUT2D eigenvalue weighted by molar-refractivity contribution is 6.42. The molecule has 1 N–H and O–H groups in total. The zero-order valence-electron chi connectivity index (χ0n) is 20.1. The molecule has 0 bridgehead atoms. The van der Waals surface area contributed by atoms with E-state index in [0.717, 1.165) is 49.3 Å². The van der Waals surface area contributed by atoms with Gasteiger partial charge in [0.15, 0.2) is 5.82 Å². The maximum Gasteiger partial charge on any atom is 0.324 e. The minimum absolute atomic E-state index is 0.0873. The van der Waals surface area contributed by atoms with Crippen molar-refractivity contribution in [2.45, 2.75) is 37.8 Å². The van der Waals surface area contributed by atoms with Gasteiger partial charge in [0.25, 0.3) is 0 Å². The first-order chi connectivity index (χ1) is 17.6. The van der Waals surface area contributed by atoms with Crippen LogP contribution in [0.15, 0.2) is 67.1 Å². The molecular formula is C27H30Cl2N6O. The van der Waals surface area contributed by atoms with Gasteiger partial charge < -0.3 is 14.8 Å². The summed E-state index contributed by atoms with van der Waals surface area (Å²) in [6.45, 7) is 3.81. The molecule has 2 aliphatic heterocycles. The van der Waals surface area contributed by atoms with E-state index >= 15 is 0 Å². The Morgan fingerprint density at radius 2 is 1.86 bits per heavy atom. The van der Waals surface area contributed by atoms with E-state index in [2.05, 4.69) is 26.2 Å². The number of hydrogen-bond donors (Lipinski definition) is 1. The predicted molar refractivity (Wildman–Crippen MR) is 143 cm³/mol. The number of urea groups is 1. The molecule has 36 heavy (non-hydrogen) atoms. The Morgan fingerprint density at radius 1 is 1.06 bits per heavy atom. The van der Waals surface area contributed by atoms with Gasteiger partial charge in [-0.3, -0.25) is 4.90 Å². The lowest BCUT2D eigenvalue weighted by Gasteiger charge is -2.38. The number of halogens is 2. The van der Waals surface area contributed by atoms with Gasteiger partial charge in [0.05, 0.1) is 10.0 Å². The van der Waals surface area contributed by atoms with Crippen LogP contribution in [0.4, 0.5) is 4.79 Å². The van der Waals surface area contributed by atoms with Gasteiger partial charge in [-0.25, -0.2) is 4.79 Å². The highest BCUT2D eigenvalue weighted by Gasteiger charge is 2.30. The fraction of sp³-hybridized carbons (Fsp3) is 0.370. The lowest BCUT2D eigenvalue weighted by atomic mass is 9.95. The Labute approximate surface area is 221 Å². The van der Waals surface area contributed by atoms with Crippen LogP contribution in [0.1, 0.15) is 30.7 Å². The number of carbonyl (C=O) groups is 1. The van der Waals surface area contributed by atoms with Crippen molar-refractivity contribution in [2.24, 2.45) is 0 Å². The van der Waals surface area contributed by atoms with Gasteiger partial charge in [-0.1, -0.05) is 59.6 Å². The first kappa shape index (κ1) is 24.8. The van der Waals surface area contributed by atoms with E-state index in [1.165, 1.54) is 0 Å². The van der Waals surface area contributed by atoms with E-state index < -0.39 is 0 Å². The second-order valence-corrected chi connectivity index (χ2v) is 10.1. The lowest BCUT2D eigenvalue weighted by Crippen LogP contribution is -2.51. The smallest absolute Gasteiger partial charge is 0.321 e. The molecule has 1 aromatic heterocycles. The highest BCUT2D eigenvalue weighted by Crippen LogP contribution is 2.31. The zero-order valence-corrected chi connectivity index (χ0v) is 21.6. The number of carbonyl (C=O) groups excluding carboxylic acids is 1. The Morgan fingerprint density at radius 3 is 2.64 bits per heavy atom. The molecule has 0 saturated carbocycles. The van der Waals surface area contributed by atoms with Crippen LogP contribution in [-0.2, 0) is 6.54 Å². The molecule has 2 aliphatic rings. The molecular weight excluding hydrogens is 495 g/mol. The molecule has 5 rings (SSSR count). The van der Waals surface area contributed by atoms with E-state index in [1.807, 2.05) is 64.5 Å². The van der Waals surface area contributed by atoms with Crippen molar-refractivity contribution in [3.63, 3.8) is 0 Å². The first-order valence-electron chi connectivity index (χ1n) is 12.4. The fourth-order valence-electron chi connectivity index (χ4n) is 5.02. The maximum atomic E-state index is 13.3. The Bertz CT molecular complexity index is 1210. The van der Waals surface area contributed by atoms with Crippen molar-refractivity contribution in [1.29, 1.82) is 0 Å². The summed E-state index contributed by atoms with van der Waals surface area (Å²) in [6, 6.07) is 16.2. The van der Waals surface area contributed by atoms with E-state index in [1.54, 1.807) is 6.33 Å². The largest absolute Gasteiger partial charge is 0.324 e. The van der Waals surface area contributed by atoms with Crippen LogP contribution in [0.3, 0.4) is 0 Å². The number of aromatic nitrogens is 3. The van der Waals surface area contributed by atoms with Crippen LogP contribution >= 0.6 is 23.2 Å². The van der Waals surface area contributed by atoms with Crippen LogP contribution in [0.5, 0.6) is 0 Å². The molecule has 1 atom stereocenters. The summed E-state index contributed by atoms with van der Waals surface area (Å²) in [5.41, 5.74) is 2.09. The first-order valence-corrected chi connectivity index (χ1v) is 13.2. The van der Waals surface area contributed by atoms with E-state index in [-0.39, 0.29) is 18.0 Å². The van der Waals surface area contributed by atoms with Crippen LogP contribution in [0.25, 0.3) is 11.4 Å². The van der Waals surface area contributed by atoms with Crippen molar-refractivity contribution < 1.29 is 4.79 Å². The molecule has 2 amide bonds. The second kappa shape index (κ2) is 11.5. The molecule has 1 saturated heterocycles. The normalized spacial score (nSPS) is 17.6. The van der Waals surface area contributed by atoms with Crippen LogP contribution in [0.2, 0.25) is 10.0 Å². The van der Waals surface area contributed by atoms with Crippen molar-refractivity contribution in [1.82, 2.24) is 29.9 Å². The predicted octanol–water partition coefficient (Wildman–Crippen LogP) is 5.43. The summed E-state index contributed by atoms with van der Waals surface area (Å²) in [4.78, 5) is 17.2. The van der Waals surface area contributed by atoms with E-state index in [0.29, 0.717) is 29.7 Å². The van der Waals surface area contributed by atoms with Gasteiger partial charge in [0.1, 0.15) is 6.33 Å². The Hall–Kier alpha value is -2.87.